The maximum atomic E-state index is 10.8. The summed E-state index contributed by atoms with van der Waals surface area (Å²) >= 11 is 1.37. The third kappa shape index (κ3) is 5.80. The van der Waals surface area contributed by atoms with Gasteiger partial charge in [0.25, 0.3) is 0 Å². The average Bonchev–Trinajstić information content (AvgIpc) is 3.37. The summed E-state index contributed by atoms with van der Waals surface area (Å²) in [5.41, 5.74) is 12.7. The van der Waals surface area contributed by atoms with E-state index in [-0.39, 0.29) is 18.6 Å². The van der Waals surface area contributed by atoms with E-state index in [1.54, 1.807) is 19.2 Å². The molecule has 3 rings (SSSR count). The van der Waals surface area contributed by atoms with E-state index in [0.717, 1.165) is 5.56 Å². The van der Waals surface area contributed by atoms with Crippen molar-refractivity contribution in [1.29, 1.82) is 0 Å². The van der Waals surface area contributed by atoms with Gasteiger partial charge in [-0.05, 0) is 17.7 Å². The van der Waals surface area contributed by atoms with Crippen LogP contribution in [0.4, 0.5) is 9.93 Å². The molecule has 2 amide bonds. The predicted molar refractivity (Wildman–Crippen MR) is 113 cm³/mol. The van der Waals surface area contributed by atoms with Gasteiger partial charge in [0.05, 0.1) is 13.1 Å². The molecular weight excluding hydrogens is 392 g/mol. The number of aliphatic imine (C=N–C) groups is 1. The smallest absolute Gasteiger partial charge is 0.312 e. The van der Waals surface area contributed by atoms with Crippen LogP contribution in [0.25, 0.3) is 11.5 Å². The SMILES string of the molecule is COC(CN=C(N)Nc1nc(-c2ccc(CNC(N)=O)o2)cs1)c1ccccc1. The highest BCUT2D eigenvalue weighted by Gasteiger charge is 2.12. The van der Waals surface area contributed by atoms with Crippen LogP contribution in [0.1, 0.15) is 17.4 Å². The van der Waals surface area contributed by atoms with E-state index < -0.39 is 6.03 Å². The van der Waals surface area contributed by atoms with Gasteiger partial charge in [0.2, 0.25) is 0 Å². The first-order valence-corrected chi connectivity index (χ1v) is 9.65. The predicted octanol–water partition coefficient (Wildman–Crippen LogP) is 2.69. The molecule has 0 aliphatic rings. The van der Waals surface area contributed by atoms with Crippen LogP contribution >= 0.6 is 11.3 Å². The lowest BCUT2D eigenvalue weighted by Gasteiger charge is -2.13. The number of methoxy groups -OCH3 is 1. The Bertz CT molecular complexity index is 969. The fourth-order valence-corrected chi connectivity index (χ4v) is 3.25. The number of furan rings is 1. The van der Waals surface area contributed by atoms with Crippen LogP contribution in [0.5, 0.6) is 0 Å². The molecule has 9 nitrogen and oxygen atoms in total. The standard InChI is InChI=1S/C19H22N6O3S/c1-27-16(12-5-3-2-4-6-12)10-22-17(20)25-19-24-14(11-29-19)15-8-7-13(28-15)9-23-18(21)26/h2-8,11,16H,9-10H2,1H3,(H3,21,23,26)(H3,20,22,24,25). The van der Waals surface area contributed by atoms with Crippen LogP contribution in [-0.4, -0.2) is 30.6 Å². The van der Waals surface area contributed by atoms with Crippen molar-refractivity contribution < 1.29 is 13.9 Å². The van der Waals surface area contributed by atoms with Gasteiger partial charge in [-0.2, -0.15) is 0 Å². The summed E-state index contributed by atoms with van der Waals surface area (Å²) in [7, 11) is 1.64. The van der Waals surface area contributed by atoms with Gasteiger partial charge in [0.1, 0.15) is 17.6 Å². The number of hydrogen-bond acceptors (Lipinski definition) is 6. The highest BCUT2D eigenvalue weighted by Crippen LogP contribution is 2.26. The molecule has 0 fully saturated rings. The number of nitrogens with one attached hydrogen (secondary N) is 2. The van der Waals surface area contributed by atoms with Crippen molar-refractivity contribution in [2.75, 3.05) is 19.0 Å². The number of nitrogens with zero attached hydrogens (tertiary/aromatic N) is 2. The van der Waals surface area contributed by atoms with E-state index in [0.29, 0.717) is 28.9 Å². The molecule has 0 radical (unpaired) electrons. The number of thiazole rings is 1. The fraction of sp³-hybridized carbons (Fsp3) is 0.211. The van der Waals surface area contributed by atoms with E-state index in [1.165, 1.54) is 11.3 Å². The second-order valence-electron chi connectivity index (χ2n) is 6.01. The monoisotopic (exact) mass is 414 g/mol. The van der Waals surface area contributed by atoms with Gasteiger partial charge in [0, 0.05) is 12.5 Å². The molecule has 0 aliphatic heterocycles. The molecule has 29 heavy (non-hydrogen) atoms. The number of carbonyl (C=O) groups excluding carboxylic acids is 1. The Kier molecular flexibility index (Phi) is 6.82. The number of carbonyl (C=O) groups is 1. The lowest BCUT2D eigenvalue weighted by molar-refractivity contribution is 0.111. The van der Waals surface area contributed by atoms with E-state index in [1.807, 2.05) is 35.7 Å². The summed E-state index contributed by atoms with van der Waals surface area (Å²) in [5.74, 6) is 1.40. The second-order valence-corrected chi connectivity index (χ2v) is 6.87. The Labute approximate surface area is 171 Å². The zero-order valence-corrected chi connectivity index (χ0v) is 16.6. The summed E-state index contributed by atoms with van der Waals surface area (Å²) in [6.07, 6.45) is -0.182. The largest absolute Gasteiger partial charge is 0.458 e. The Hall–Kier alpha value is -3.37. The van der Waals surface area contributed by atoms with Gasteiger partial charge in [-0.25, -0.2) is 9.78 Å². The molecular formula is C19H22N6O3S. The topological polar surface area (TPSA) is 141 Å². The van der Waals surface area contributed by atoms with E-state index in [2.05, 4.69) is 20.6 Å². The molecule has 3 aromatic rings. The molecule has 0 aliphatic carbocycles. The zero-order valence-electron chi connectivity index (χ0n) is 15.8. The molecule has 1 aromatic carbocycles. The molecule has 2 aromatic heterocycles. The Morgan fingerprint density at radius 3 is 2.79 bits per heavy atom. The van der Waals surface area contributed by atoms with Crippen molar-refractivity contribution in [3.63, 3.8) is 0 Å². The number of primary amides is 1. The summed E-state index contributed by atoms with van der Waals surface area (Å²) in [6, 6.07) is 12.7. The van der Waals surface area contributed by atoms with Crippen LogP contribution in [0.3, 0.4) is 0 Å². The maximum Gasteiger partial charge on any atom is 0.312 e. The first-order valence-electron chi connectivity index (χ1n) is 8.77. The number of aromatic nitrogens is 1. The number of benzene rings is 1. The van der Waals surface area contributed by atoms with E-state index >= 15 is 0 Å². The minimum atomic E-state index is -0.610. The number of urea groups is 1. The summed E-state index contributed by atoms with van der Waals surface area (Å²) < 4.78 is 11.1. The maximum absolute atomic E-state index is 10.8. The van der Waals surface area contributed by atoms with Crippen LogP contribution in [0.15, 0.2) is 57.3 Å². The normalized spacial score (nSPS) is 12.5. The van der Waals surface area contributed by atoms with Crippen molar-refractivity contribution in [2.45, 2.75) is 12.6 Å². The molecule has 1 atom stereocenters. The first kappa shape index (κ1) is 20.4. The van der Waals surface area contributed by atoms with E-state index in [4.69, 9.17) is 20.6 Å². The van der Waals surface area contributed by atoms with Crippen molar-refractivity contribution in [2.24, 2.45) is 16.5 Å². The number of anilines is 1. The number of amides is 2. The molecule has 1 unspecified atom stereocenters. The molecule has 0 saturated carbocycles. The second kappa shape index (κ2) is 9.71. The van der Waals surface area contributed by atoms with Gasteiger partial charge in [-0.3, -0.25) is 4.99 Å². The Morgan fingerprint density at radius 2 is 2.07 bits per heavy atom. The summed E-state index contributed by atoms with van der Waals surface area (Å²) in [5, 5.41) is 7.87. The highest BCUT2D eigenvalue weighted by molar-refractivity contribution is 7.14. The average molecular weight is 414 g/mol. The summed E-state index contributed by atoms with van der Waals surface area (Å²) in [4.78, 5) is 19.6. The quantitative estimate of drug-likeness (QED) is 0.330. The minimum absolute atomic E-state index is 0.182. The molecule has 6 N–H and O–H groups in total. The van der Waals surface area contributed by atoms with Crippen molar-refractivity contribution >= 4 is 28.5 Å². The van der Waals surface area contributed by atoms with Crippen LogP contribution < -0.4 is 22.1 Å². The van der Waals surface area contributed by atoms with Crippen molar-refractivity contribution in [1.82, 2.24) is 10.3 Å². The number of guanidine groups is 1. The zero-order chi connectivity index (χ0) is 20.6. The van der Waals surface area contributed by atoms with Gasteiger partial charge < -0.3 is 31.3 Å². The number of rotatable bonds is 8. The molecule has 0 bridgehead atoms. The Balaban J connectivity index is 1.59. The van der Waals surface area contributed by atoms with Crippen LogP contribution in [0, 0.1) is 0 Å². The van der Waals surface area contributed by atoms with Crippen molar-refractivity contribution in [3.05, 3.63) is 59.2 Å². The molecule has 10 heteroatoms. The fourth-order valence-electron chi connectivity index (χ4n) is 2.54. The number of ether oxygens (including phenoxy) is 1. The summed E-state index contributed by atoms with van der Waals surface area (Å²) in [6.45, 7) is 0.595. The molecule has 152 valence electrons. The lowest BCUT2D eigenvalue weighted by atomic mass is 10.1. The third-order valence-corrected chi connectivity index (χ3v) is 4.73. The highest BCUT2D eigenvalue weighted by atomic mass is 32.1. The van der Waals surface area contributed by atoms with Gasteiger partial charge in [0.15, 0.2) is 16.9 Å². The van der Waals surface area contributed by atoms with Crippen molar-refractivity contribution in [3.8, 4) is 11.5 Å². The molecule has 2 heterocycles. The minimum Gasteiger partial charge on any atom is -0.458 e. The first-order chi connectivity index (χ1) is 14.0. The number of hydrogen-bond donors (Lipinski definition) is 4. The molecule has 0 spiro atoms. The third-order valence-electron chi connectivity index (χ3n) is 3.97. The van der Waals surface area contributed by atoms with E-state index in [9.17, 15) is 4.79 Å². The van der Waals surface area contributed by atoms with Crippen LogP contribution in [-0.2, 0) is 11.3 Å². The molecule has 0 saturated heterocycles. The van der Waals surface area contributed by atoms with Crippen LogP contribution in [0.2, 0.25) is 0 Å². The van der Waals surface area contributed by atoms with Gasteiger partial charge in [-0.1, -0.05) is 30.3 Å². The lowest BCUT2D eigenvalue weighted by Crippen LogP contribution is -2.28. The Morgan fingerprint density at radius 1 is 1.28 bits per heavy atom. The number of nitrogens with two attached hydrogens (primary N) is 2. The van der Waals surface area contributed by atoms with Gasteiger partial charge >= 0.3 is 6.03 Å². The van der Waals surface area contributed by atoms with Gasteiger partial charge in [-0.15, -0.1) is 11.3 Å².